The number of nitrogen functional groups attached to an aromatic ring is 1. The van der Waals surface area contributed by atoms with Crippen molar-refractivity contribution in [3.63, 3.8) is 0 Å². The molecular formula is C12H14N6O3. The van der Waals surface area contributed by atoms with Crippen LogP contribution >= 0.6 is 0 Å². The third kappa shape index (κ3) is 1.71. The largest absolute Gasteiger partial charge is 0.382 e. The Kier molecular flexibility index (Phi) is 2.59. The molecular weight excluding hydrogens is 276 g/mol. The fourth-order valence-corrected chi connectivity index (χ4v) is 3.07. The van der Waals surface area contributed by atoms with Gasteiger partial charge in [0.15, 0.2) is 11.5 Å². The molecule has 9 nitrogen and oxygen atoms in total. The van der Waals surface area contributed by atoms with Crippen molar-refractivity contribution in [2.45, 2.75) is 18.2 Å². The molecule has 2 aliphatic rings. The van der Waals surface area contributed by atoms with Crippen molar-refractivity contribution in [3.8, 4) is 0 Å². The standard InChI is InChI=1S/C12H14N6O3/c13-10-7-12(16-3-15-10)18(4-17-7)6-2-21-8-5(11(14)19)1-20-9(6)8/h3-6,8-9H,1-2H2,(H2,14,19)(H2,13,15,16)/t5-,6+,8-,9-/m1/s1. The third-order valence-electron chi connectivity index (χ3n) is 4.14. The Labute approximate surface area is 119 Å². The number of primary amides is 1. The van der Waals surface area contributed by atoms with Crippen molar-refractivity contribution >= 4 is 22.9 Å². The van der Waals surface area contributed by atoms with E-state index in [4.69, 9.17) is 20.9 Å². The molecule has 2 saturated heterocycles. The van der Waals surface area contributed by atoms with Crippen LogP contribution in [0, 0.1) is 5.92 Å². The van der Waals surface area contributed by atoms with Gasteiger partial charge in [-0.25, -0.2) is 15.0 Å². The van der Waals surface area contributed by atoms with E-state index in [1.54, 1.807) is 6.33 Å². The number of nitrogens with two attached hydrogens (primary N) is 2. The Bertz CT molecular complexity index is 716. The van der Waals surface area contributed by atoms with Gasteiger partial charge in [0, 0.05) is 0 Å². The van der Waals surface area contributed by atoms with Crippen LogP contribution in [0.1, 0.15) is 6.04 Å². The van der Waals surface area contributed by atoms with Crippen LogP contribution in [0.15, 0.2) is 12.7 Å². The topological polar surface area (TPSA) is 131 Å². The molecule has 0 unspecified atom stereocenters. The second-order valence-electron chi connectivity index (χ2n) is 5.26. The minimum atomic E-state index is -0.408. The molecule has 4 atom stereocenters. The van der Waals surface area contributed by atoms with Gasteiger partial charge < -0.3 is 25.5 Å². The SMILES string of the molecule is NC(=O)[C@@H]1CO[C@H]2[C@@H]1OC[C@@H]2n1cnc2c(N)ncnc21. The van der Waals surface area contributed by atoms with Crippen molar-refractivity contribution in [2.75, 3.05) is 18.9 Å². The molecule has 110 valence electrons. The number of fused-ring (bicyclic) bond motifs is 2. The normalized spacial score (nSPS) is 31.6. The molecule has 0 saturated carbocycles. The molecule has 2 aliphatic heterocycles. The lowest BCUT2D eigenvalue weighted by Crippen LogP contribution is -2.35. The fourth-order valence-electron chi connectivity index (χ4n) is 3.07. The van der Waals surface area contributed by atoms with Crippen molar-refractivity contribution < 1.29 is 14.3 Å². The van der Waals surface area contributed by atoms with Gasteiger partial charge in [0.25, 0.3) is 0 Å². The summed E-state index contributed by atoms with van der Waals surface area (Å²) in [6.07, 6.45) is 2.48. The lowest BCUT2D eigenvalue weighted by atomic mass is 10.00. The monoisotopic (exact) mass is 290 g/mol. The number of carbonyl (C=O) groups is 1. The molecule has 2 aromatic heterocycles. The summed E-state index contributed by atoms with van der Waals surface area (Å²) in [7, 11) is 0. The molecule has 4 heterocycles. The van der Waals surface area contributed by atoms with Crippen LogP contribution in [0.4, 0.5) is 5.82 Å². The van der Waals surface area contributed by atoms with E-state index >= 15 is 0 Å². The zero-order chi connectivity index (χ0) is 14.6. The summed E-state index contributed by atoms with van der Waals surface area (Å²) in [6.45, 7) is 0.694. The maximum Gasteiger partial charge on any atom is 0.225 e. The van der Waals surface area contributed by atoms with Crippen LogP contribution in [-0.4, -0.2) is 50.8 Å². The molecule has 0 radical (unpaired) electrons. The Morgan fingerprint density at radius 2 is 2.05 bits per heavy atom. The lowest BCUT2D eigenvalue weighted by molar-refractivity contribution is -0.124. The Morgan fingerprint density at radius 3 is 2.86 bits per heavy atom. The summed E-state index contributed by atoms with van der Waals surface area (Å²) in [5, 5.41) is 0. The van der Waals surface area contributed by atoms with Gasteiger partial charge in [-0.15, -0.1) is 0 Å². The summed E-state index contributed by atoms with van der Waals surface area (Å²) in [5.74, 6) is -0.476. The minimum Gasteiger partial charge on any atom is -0.382 e. The van der Waals surface area contributed by atoms with Crippen molar-refractivity contribution in [3.05, 3.63) is 12.7 Å². The second-order valence-corrected chi connectivity index (χ2v) is 5.26. The van der Waals surface area contributed by atoms with Crippen molar-refractivity contribution in [1.82, 2.24) is 19.5 Å². The summed E-state index contributed by atoms with van der Waals surface area (Å²) < 4.78 is 13.3. The van der Waals surface area contributed by atoms with Gasteiger partial charge in [-0.3, -0.25) is 4.79 Å². The van der Waals surface area contributed by atoms with Gasteiger partial charge >= 0.3 is 0 Å². The number of anilines is 1. The molecule has 0 bridgehead atoms. The number of amides is 1. The minimum absolute atomic E-state index is 0.112. The van der Waals surface area contributed by atoms with Gasteiger partial charge in [0.1, 0.15) is 17.9 Å². The predicted octanol–water partition coefficient (Wildman–Crippen LogP) is -1.15. The maximum atomic E-state index is 11.4. The number of hydrogen-bond donors (Lipinski definition) is 2. The van der Waals surface area contributed by atoms with Crippen LogP contribution in [0.3, 0.4) is 0 Å². The second kappa shape index (κ2) is 4.37. The fraction of sp³-hybridized carbons (Fsp3) is 0.500. The van der Waals surface area contributed by atoms with Crippen molar-refractivity contribution in [2.24, 2.45) is 11.7 Å². The number of nitrogens with zero attached hydrogens (tertiary/aromatic N) is 4. The van der Waals surface area contributed by atoms with E-state index < -0.39 is 11.8 Å². The first-order valence-corrected chi connectivity index (χ1v) is 6.62. The first-order chi connectivity index (χ1) is 10.2. The van der Waals surface area contributed by atoms with Gasteiger partial charge in [-0.05, 0) is 0 Å². The number of ether oxygens (including phenoxy) is 2. The first kappa shape index (κ1) is 12.5. The van der Waals surface area contributed by atoms with Gasteiger partial charge in [-0.2, -0.15) is 0 Å². The summed E-state index contributed by atoms with van der Waals surface area (Å²) in [6, 6.07) is -0.112. The highest BCUT2D eigenvalue weighted by molar-refractivity contribution is 5.81. The smallest absolute Gasteiger partial charge is 0.225 e. The highest BCUT2D eigenvalue weighted by atomic mass is 16.6. The number of carbonyl (C=O) groups excluding carboxylic acids is 1. The van der Waals surface area contributed by atoms with E-state index in [1.807, 2.05) is 4.57 Å². The molecule has 21 heavy (non-hydrogen) atoms. The summed E-state index contributed by atoms with van der Waals surface area (Å²) in [5.41, 5.74) is 12.3. The van der Waals surface area contributed by atoms with Gasteiger partial charge in [0.05, 0.1) is 37.6 Å². The van der Waals surface area contributed by atoms with Crippen LogP contribution in [0.5, 0.6) is 0 Å². The van der Waals surface area contributed by atoms with E-state index in [1.165, 1.54) is 6.33 Å². The average Bonchev–Trinajstić information content (AvgIpc) is 3.11. The number of rotatable bonds is 2. The number of aromatic nitrogens is 4. The zero-order valence-electron chi connectivity index (χ0n) is 11.0. The highest BCUT2D eigenvalue weighted by Gasteiger charge is 2.50. The zero-order valence-corrected chi connectivity index (χ0v) is 11.0. The Hall–Kier alpha value is -2.26. The van der Waals surface area contributed by atoms with Gasteiger partial charge in [-0.1, -0.05) is 0 Å². The van der Waals surface area contributed by atoms with Gasteiger partial charge in [0.2, 0.25) is 5.91 Å². The van der Waals surface area contributed by atoms with Crippen LogP contribution in [-0.2, 0) is 14.3 Å². The van der Waals surface area contributed by atoms with E-state index in [0.29, 0.717) is 23.6 Å². The van der Waals surface area contributed by atoms with Crippen LogP contribution in [0.2, 0.25) is 0 Å². The predicted molar refractivity (Wildman–Crippen MR) is 70.9 cm³/mol. The first-order valence-electron chi connectivity index (χ1n) is 6.62. The van der Waals surface area contributed by atoms with E-state index in [-0.39, 0.29) is 24.9 Å². The molecule has 2 fully saturated rings. The third-order valence-corrected chi connectivity index (χ3v) is 4.14. The number of hydrogen-bond acceptors (Lipinski definition) is 7. The average molecular weight is 290 g/mol. The molecule has 1 amide bonds. The molecule has 4 N–H and O–H groups in total. The summed E-state index contributed by atoms with van der Waals surface area (Å²) >= 11 is 0. The maximum absolute atomic E-state index is 11.4. The molecule has 0 aromatic carbocycles. The molecule has 9 heteroatoms. The van der Waals surface area contributed by atoms with E-state index in [9.17, 15) is 4.79 Å². The molecule has 0 aliphatic carbocycles. The lowest BCUT2D eigenvalue weighted by Gasteiger charge is -2.17. The molecule has 0 spiro atoms. The number of imidazole rings is 1. The van der Waals surface area contributed by atoms with E-state index in [2.05, 4.69) is 15.0 Å². The Morgan fingerprint density at radius 1 is 1.24 bits per heavy atom. The Balaban J connectivity index is 1.71. The van der Waals surface area contributed by atoms with Crippen molar-refractivity contribution in [1.29, 1.82) is 0 Å². The molecule has 2 aromatic rings. The molecule has 4 rings (SSSR count). The quantitative estimate of drug-likeness (QED) is 0.713. The van der Waals surface area contributed by atoms with Crippen LogP contribution in [0.25, 0.3) is 11.2 Å². The highest BCUT2D eigenvalue weighted by Crippen LogP contribution is 2.38. The summed E-state index contributed by atoms with van der Waals surface area (Å²) in [4.78, 5) is 23.8. The van der Waals surface area contributed by atoms with Crippen LogP contribution < -0.4 is 11.5 Å². The van der Waals surface area contributed by atoms with E-state index in [0.717, 1.165) is 0 Å².